The van der Waals surface area contributed by atoms with Crippen LogP contribution in [0.3, 0.4) is 0 Å². The number of carbonyl (C=O) groups excluding carboxylic acids is 2. The molecular weight excluding hydrogens is 395 g/mol. The highest BCUT2D eigenvalue weighted by Gasteiger charge is 2.33. The van der Waals surface area contributed by atoms with Crippen molar-refractivity contribution < 1.29 is 32.4 Å². The molecule has 2 rings (SSSR count). The van der Waals surface area contributed by atoms with Crippen LogP contribution in [0, 0.1) is 16.0 Å². The van der Waals surface area contributed by atoms with Crippen molar-refractivity contribution in [1.29, 1.82) is 0 Å². The zero-order chi connectivity index (χ0) is 21.8. The summed E-state index contributed by atoms with van der Waals surface area (Å²) in [4.78, 5) is 36.0. The third-order valence-electron chi connectivity index (χ3n) is 4.59. The number of rotatable bonds is 6. The number of anilines is 1. The molecule has 0 saturated carbocycles. The first kappa shape index (κ1) is 22.4. The molecule has 1 heterocycles. The molecule has 0 aromatic heterocycles. The van der Waals surface area contributed by atoms with Crippen LogP contribution in [-0.4, -0.2) is 47.4 Å². The number of ether oxygens (including phenoxy) is 1. The fraction of sp³-hybridized carbons (Fsp3) is 0.556. The smallest absolute Gasteiger partial charge is 0.416 e. The van der Waals surface area contributed by atoms with Crippen LogP contribution in [0.1, 0.15) is 32.3 Å². The predicted octanol–water partition coefficient (Wildman–Crippen LogP) is 3.22. The van der Waals surface area contributed by atoms with Gasteiger partial charge in [-0.3, -0.25) is 14.9 Å². The van der Waals surface area contributed by atoms with Crippen molar-refractivity contribution >= 4 is 23.3 Å². The highest BCUT2D eigenvalue weighted by atomic mass is 19.4. The lowest BCUT2D eigenvalue weighted by molar-refractivity contribution is -0.384. The molecule has 1 aromatic carbocycles. The summed E-state index contributed by atoms with van der Waals surface area (Å²) >= 11 is 0. The van der Waals surface area contributed by atoms with Crippen molar-refractivity contribution in [2.45, 2.75) is 38.9 Å². The standard InChI is InChI=1S/C18H22F3N3O5/c1-11-4-3-7-23(9-11)16(25)10-29-17(26)12(2)22-14-6-5-13(18(19,20)21)8-15(14)24(27)28/h5-6,8,11-12,22H,3-4,7,9-10H2,1-2H3/t11-,12+/m1/s1. The number of hydrogen-bond acceptors (Lipinski definition) is 6. The Labute approximate surface area is 165 Å². The van der Waals surface area contributed by atoms with Crippen LogP contribution in [0.15, 0.2) is 18.2 Å². The van der Waals surface area contributed by atoms with Gasteiger partial charge in [0.15, 0.2) is 6.61 Å². The number of esters is 1. The molecule has 1 aromatic rings. The normalized spacial score (nSPS) is 18.1. The predicted molar refractivity (Wildman–Crippen MR) is 97.1 cm³/mol. The Morgan fingerprint density at radius 1 is 1.41 bits per heavy atom. The molecule has 1 amide bonds. The molecule has 0 spiro atoms. The van der Waals surface area contributed by atoms with Crippen molar-refractivity contribution in [2.24, 2.45) is 5.92 Å². The van der Waals surface area contributed by atoms with Gasteiger partial charge in [-0.2, -0.15) is 13.2 Å². The number of nitrogens with zero attached hydrogens (tertiary/aromatic N) is 2. The summed E-state index contributed by atoms with van der Waals surface area (Å²) < 4.78 is 43.2. The Kier molecular flexibility index (Phi) is 7.04. The van der Waals surface area contributed by atoms with Gasteiger partial charge in [-0.25, -0.2) is 4.79 Å². The van der Waals surface area contributed by atoms with Crippen LogP contribution in [0.25, 0.3) is 0 Å². The summed E-state index contributed by atoms with van der Waals surface area (Å²) in [5, 5.41) is 13.6. The summed E-state index contributed by atoms with van der Waals surface area (Å²) in [5.74, 6) is -0.820. The van der Waals surface area contributed by atoms with Gasteiger partial charge >= 0.3 is 12.1 Å². The SMILES string of the molecule is C[C@@H]1CCCN(C(=O)COC(=O)[C@H](C)Nc2ccc(C(F)(F)F)cc2[N+](=O)[O-])C1. The molecule has 2 atom stereocenters. The molecule has 0 radical (unpaired) electrons. The molecular formula is C18H22F3N3O5. The van der Waals surface area contributed by atoms with E-state index in [1.807, 2.05) is 6.92 Å². The highest BCUT2D eigenvalue weighted by Crippen LogP contribution is 2.35. The maximum Gasteiger partial charge on any atom is 0.416 e. The van der Waals surface area contributed by atoms with Crippen molar-refractivity contribution in [3.05, 3.63) is 33.9 Å². The number of hydrogen-bond donors (Lipinski definition) is 1. The van der Waals surface area contributed by atoms with E-state index in [1.165, 1.54) is 6.92 Å². The molecule has 1 fully saturated rings. The number of amides is 1. The Morgan fingerprint density at radius 2 is 2.10 bits per heavy atom. The molecule has 1 saturated heterocycles. The average molecular weight is 417 g/mol. The number of nitro benzene ring substituents is 1. The van der Waals surface area contributed by atoms with Gasteiger partial charge in [0.1, 0.15) is 11.7 Å². The van der Waals surface area contributed by atoms with E-state index in [0.717, 1.165) is 18.9 Å². The molecule has 0 aliphatic carbocycles. The largest absolute Gasteiger partial charge is 0.454 e. The molecule has 160 valence electrons. The number of piperidine rings is 1. The lowest BCUT2D eigenvalue weighted by Gasteiger charge is -2.30. The Balaban J connectivity index is 1.98. The third-order valence-corrected chi connectivity index (χ3v) is 4.59. The Hall–Kier alpha value is -2.85. The van der Waals surface area contributed by atoms with Gasteiger partial charge in [-0.1, -0.05) is 6.92 Å². The maximum absolute atomic E-state index is 12.8. The van der Waals surface area contributed by atoms with Gasteiger partial charge in [0, 0.05) is 19.2 Å². The van der Waals surface area contributed by atoms with Gasteiger partial charge < -0.3 is 15.0 Å². The van der Waals surface area contributed by atoms with Crippen LogP contribution in [-0.2, 0) is 20.5 Å². The first-order chi connectivity index (χ1) is 13.5. The lowest BCUT2D eigenvalue weighted by atomic mass is 10.0. The van der Waals surface area contributed by atoms with Gasteiger partial charge in [-0.15, -0.1) is 0 Å². The second-order valence-electron chi connectivity index (χ2n) is 7.05. The van der Waals surface area contributed by atoms with E-state index in [9.17, 15) is 32.9 Å². The summed E-state index contributed by atoms with van der Waals surface area (Å²) in [5.41, 5.74) is -2.26. The van der Waals surface area contributed by atoms with E-state index in [1.54, 1.807) is 4.90 Å². The quantitative estimate of drug-likeness (QED) is 0.433. The zero-order valence-corrected chi connectivity index (χ0v) is 16.0. The van der Waals surface area contributed by atoms with Crippen LogP contribution >= 0.6 is 0 Å². The van der Waals surface area contributed by atoms with Crippen molar-refractivity contribution in [3.8, 4) is 0 Å². The average Bonchev–Trinajstić information content (AvgIpc) is 2.64. The van der Waals surface area contributed by atoms with Crippen molar-refractivity contribution in [2.75, 3.05) is 25.0 Å². The first-order valence-electron chi connectivity index (χ1n) is 9.05. The molecule has 29 heavy (non-hydrogen) atoms. The van der Waals surface area contributed by atoms with Crippen LogP contribution in [0.5, 0.6) is 0 Å². The minimum atomic E-state index is -4.74. The van der Waals surface area contributed by atoms with Crippen molar-refractivity contribution in [1.82, 2.24) is 4.90 Å². The molecule has 1 aliphatic heterocycles. The van der Waals surface area contributed by atoms with E-state index >= 15 is 0 Å². The topological polar surface area (TPSA) is 102 Å². The minimum Gasteiger partial charge on any atom is -0.454 e. The number of likely N-dealkylation sites (tertiary alicyclic amines) is 1. The lowest BCUT2D eigenvalue weighted by Crippen LogP contribution is -2.42. The number of alkyl halides is 3. The molecule has 1 N–H and O–H groups in total. The molecule has 0 unspecified atom stereocenters. The van der Waals surface area contributed by atoms with E-state index in [4.69, 9.17) is 4.74 Å². The summed E-state index contributed by atoms with van der Waals surface area (Å²) in [6, 6.07) is 0.833. The number of carbonyl (C=O) groups is 2. The fourth-order valence-corrected chi connectivity index (χ4v) is 3.04. The molecule has 0 bridgehead atoms. The van der Waals surface area contributed by atoms with Crippen LogP contribution in [0.4, 0.5) is 24.5 Å². The number of benzene rings is 1. The monoisotopic (exact) mass is 417 g/mol. The summed E-state index contributed by atoms with van der Waals surface area (Å²) in [6.45, 7) is 4.06. The zero-order valence-electron chi connectivity index (χ0n) is 16.0. The molecule has 1 aliphatic rings. The highest BCUT2D eigenvalue weighted by molar-refractivity contribution is 5.84. The number of halogens is 3. The third kappa shape index (κ3) is 6.06. The number of nitrogens with one attached hydrogen (secondary N) is 1. The van der Waals surface area contributed by atoms with E-state index in [0.29, 0.717) is 31.1 Å². The van der Waals surface area contributed by atoms with E-state index in [-0.39, 0.29) is 11.6 Å². The van der Waals surface area contributed by atoms with E-state index < -0.39 is 41.0 Å². The minimum absolute atomic E-state index is 0.261. The second-order valence-corrected chi connectivity index (χ2v) is 7.05. The fourth-order valence-electron chi connectivity index (χ4n) is 3.04. The van der Waals surface area contributed by atoms with E-state index in [2.05, 4.69) is 5.32 Å². The maximum atomic E-state index is 12.8. The van der Waals surface area contributed by atoms with Gasteiger partial charge in [0.25, 0.3) is 11.6 Å². The van der Waals surface area contributed by atoms with Crippen molar-refractivity contribution in [3.63, 3.8) is 0 Å². The van der Waals surface area contributed by atoms with Gasteiger partial charge in [0.05, 0.1) is 10.5 Å². The van der Waals surface area contributed by atoms with Gasteiger partial charge in [0.2, 0.25) is 0 Å². The second kappa shape index (κ2) is 9.10. The molecule has 11 heteroatoms. The Morgan fingerprint density at radius 3 is 2.69 bits per heavy atom. The molecule has 8 nitrogen and oxygen atoms in total. The van der Waals surface area contributed by atoms with Crippen LogP contribution < -0.4 is 5.32 Å². The summed E-state index contributed by atoms with van der Waals surface area (Å²) in [6.07, 6.45) is -2.84. The van der Waals surface area contributed by atoms with Gasteiger partial charge in [-0.05, 0) is 37.8 Å². The summed E-state index contributed by atoms with van der Waals surface area (Å²) in [7, 11) is 0. The number of nitro groups is 1. The van der Waals surface area contributed by atoms with Crippen LogP contribution in [0.2, 0.25) is 0 Å². The Bertz CT molecular complexity index is 784. The first-order valence-corrected chi connectivity index (χ1v) is 9.05.